The van der Waals surface area contributed by atoms with Crippen LogP contribution in [0.5, 0.6) is 0 Å². The lowest BCUT2D eigenvalue weighted by atomic mass is 10.1. The third-order valence-electron chi connectivity index (χ3n) is 3.25. The number of hydrogen-bond donors (Lipinski definition) is 1. The van der Waals surface area contributed by atoms with Crippen molar-refractivity contribution in [2.45, 2.75) is 31.3 Å². The van der Waals surface area contributed by atoms with Crippen LogP contribution in [0.3, 0.4) is 0 Å². The smallest absolute Gasteiger partial charge is 0.311 e. The minimum Gasteiger partial charge on any atom is -0.311 e. The molecule has 0 fully saturated rings. The van der Waals surface area contributed by atoms with Crippen molar-refractivity contribution >= 4 is 9.84 Å². The predicted octanol–water partition coefficient (Wildman–Crippen LogP) is 2.76. The molecule has 0 aromatic heterocycles. The molecule has 0 amide bonds. The lowest BCUT2D eigenvalue weighted by molar-refractivity contribution is -0.138. The molecule has 1 rings (SSSR count). The summed E-state index contributed by atoms with van der Waals surface area (Å²) in [5.74, 6) is -0.970. The first kappa shape index (κ1) is 17.9. The zero-order valence-electron chi connectivity index (χ0n) is 11.9. The number of sulfone groups is 1. The van der Waals surface area contributed by atoms with Crippen LogP contribution in [0.2, 0.25) is 0 Å². The summed E-state index contributed by atoms with van der Waals surface area (Å²) in [7, 11) is -3.35. The van der Waals surface area contributed by atoms with Crippen LogP contribution < -0.4 is 5.32 Å². The van der Waals surface area contributed by atoms with E-state index in [9.17, 15) is 26.0 Å². The van der Waals surface area contributed by atoms with Crippen LogP contribution in [0, 0.1) is 5.82 Å². The van der Waals surface area contributed by atoms with E-state index in [1.165, 1.54) is 13.8 Å². The number of nitrogens with one attached hydrogen (secondary N) is 1. The number of benzene rings is 1. The second kappa shape index (κ2) is 5.92. The number of halogens is 4. The van der Waals surface area contributed by atoms with Crippen LogP contribution in [0.15, 0.2) is 18.2 Å². The summed E-state index contributed by atoms with van der Waals surface area (Å²) in [6, 6.07) is 2.41. The van der Waals surface area contributed by atoms with Crippen LogP contribution in [0.25, 0.3) is 0 Å². The molecule has 0 radical (unpaired) electrons. The first-order chi connectivity index (χ1) is 9.34. The topological polar surface area (TPSA) is 46.2 Å². The SMILES string of the molecule is CC(C)(CNCc1ccc(F)cc1C(F)(F)F)S(C)(=O)=O. The Labute approximate surface area is 121 Å². The van der Waals surface area contributed by atoms with Gasteiger partial charge in [0.1, 0.15) is 5.82 Å². The Bertz CT molecular complexity index is 609. The van der Waals surface area contributed by atoms with Gasteiger partial charge in [0.2, 0.25) is 0 Å². The maximum absolute atomic E-state index is 12.9. The lowest BCUT2D eigenvalue weighted by Crippen LogP contribution is -2.41. The van der Waals surface area contributed by atoms with Gasteiger partial charge in [-0.25, -0.2) is 12.8 Å². The Hall–Kier alpha value is -1.15. The van der Waals surface area contributed by atoms with Crippen molar-refractivity contribution in [3.63, 3.8) is 0 Å². The Morgan fingerprint density at radius 1 is 1.19 bits per heavy atom. The van der Waals surface area contributed by atoms with Gasteiger partial charge in [-0.15, -0.1) is 0 Å². The molecule has 21 heavy (non-hydrogen) atoms. The highest BCUT2D eigenvalue weighted by Crippen LogP contribution is 2.32. The zero-order valence-corrected chi connectivity index (χ0v) is 12.7. The number of alkyl halides is 3. The molecular weight excluding hydrogens is 310 g/mol. The summed E-state index contributed by atoms with van der Waals surface area (Å²) in [4.78, 5) is 0. The normalized spacial score (nSPS) is 13.5. The molecule has 120 valence electrons. The molecule has 0 spiro atoms. The van der Waals surface area contributed by atoms with Crippen molar-refractivity contribution in [2.24, 2.45) is 0 Å². The molecular formula is C13H17F4NO2S. The van der Waals surface area contributed by atoms with E-state index in [0.717, 1.165) is 18.4 Å². The van der Waals surface area contributed by atoms with E-state index in [0.29, 0.717) is 6.07 Å². The fourth-order valence-electron chi connectivity index (χ4n) is 1.60. The number of rotatable bonds is 5. The van der Waals surface area contributed by atoms with Crippen LogP contribution in [0.4, 0.5) is 17.6 Å². The van der Waals surface area contributed by atoms with Crippen molar-refractivity contribution in [3.8, 4) is 0 Å². The van der Waals surface area contributed by atoms with Gasteiger partial charge in [-0.1, -0.05) is 6.07 Å². The summed E-state index contributed by atoms with van der Waals surface area (Å²) in [5.41, 5.74) is -1.19. The summed E-state index contributed by atoms with van der Waals surface area (Å²) in [6.45, 7) is 2.74. The van der Waals surface area contributed by atoms with Crippen LogP contribution in [0.1, 0.15) is 25.0 Å². The molecule has 0 heterocycles. The minimum absolute atomic E-state index is 0.0134. The van der Waals surface area contributed by atoms with E-state index in [2.05, 4.69) is 5.32 Å². The van der Waals surface area contributed by atoms with Crippen LogP contribution in [-0.2, 0) is 22.6 Å². The maximum atomic E-state index is 12.9. The molecule has 0 aliphatic rings. The Morgan fingerprint density at radius 3 is 2.24 bits per heavy atom. The highest BCUT2D eigenvalue weighted by Gasteiger charge is 2.34. The Kier molecular flexibility index (Phi) is 5.05. The van der Waals surface area contributed by atoms with Crippen LogP contribution in [-0.4, -0.2) is 26.0 Å². The molecule has 3 nitrogen and oxygen atoms in total. The third kappa shape index (κ3) is 4.67. The predicted molar refractivity (Wildman–Crippen MR) is 72.0 cm³/mol. The molecule has 0 unspecified atom stereocenters. The first-order valence-electron chi connectivity index (χ1n) is 6.10. The molecule has 1 aromatic rings. The Balaban J connectivity index is 2.87. The standard InChI is InChI=1S/C13H17F4NO2S/c1-12(2,21(3,19)20)8-18-7-9-4-5-10(14)6-11(9)13(15,16)17/h4-6,18H,7-8H2,1-3H3. The second-order valence-electron chi connectivity index (χ2n) is 5.43. The number of hydrogen-bond acceptors (Lipinski definition) is 3. The second-order valence-corrected chi connectivity index (χ2v) is 8.08. The average Bonchev–Trinajstić information content (AvgIpc) is 2.28. The molecule has 0 saturated carbocycles. The van der Waals surface area contributed by atoms with Crippen molar-refractivity contribution in [1.29, 1.82) is 0 Å². The maximum Gasteiger partial charge on any atom is 0.416 e. The van der Waals surface area contributed by atoms with Gasteiger partial charge in [-0.3, -0.25) is 0 Å². The van der Waals surface area contributed by atoms with E-state index >= 15 is 0 Å². The van der Waals surface area contributed by atoms with Gasteiger partial charge in [0.25, 0.3) is 0 Å². The molecule has 0 aliphatic carbocycles. The van der Waals surface area contributed by atoms with Gasteiger partial charge < -0.3 is 5.32 Å². The van der Waals surface area contributed by atoms with Gasteiger partial charge in [0, 0.05) is 19.3 Å². The van der Waals surface area contributed by atoms with Gasteiger partial charge >= 0.3 is 6.18 Å². The van der Waals surface area contributed by atoms with Crippen LogP contribution >= 0.6 is 0 Å². The monoisotopic (exact) mass is 327 g/mol. The fraction of sp³-hybridized carbons (Fsp3) is 0.538. The molecule has 0 atom stereocenters. The fourth-order valence-corrected chi connectivity index (χ4v) is 1.96. The van der Waals surface area contributed by atoms with Gasteiger partial charge in [-0.2, -0.15) is 13.2 Å². The molecule has 0 saturated heterocycles. The quantitative estimate of drug-likeness (QED) is 0.846. The first-order valence-corrected chi connectivity index (χ1v) is 8.00. The molecule has 1 N–H and O–H groups in total. The van der Waals surface area contributed by atoms with Gasteiger partial charge in [0.15, 0.2) is 9.84 Å². The van der Waals surface area contributed by atoms with Crippen molar-refractivity contribution in [1.82, 2.24) is 5.32 Å². The molecule has 8 heteroatoms. The van der Waals surface area contributed by atoms with E-state index in [1.54, 1.807) is 0 Å². The van der Waals surface area contributed by atoms with Crippen molar-refractivity contribution in [3.05, 3.63) is 35.1 Å². The van der Waals surface area contributed by atoms with E-state index in [4.69, 9.17) is 0 Å². The lowest BCUT2D eigenvalue weighted by Gasteiger charge is -2.23. The van der Waals surface area contributed by atoms with E-state index in [-0.39, 0.29) is 18.7 Å². The zero-order chi connectivity index (χ0) is 16.5. The van der Waals surface area contributed by atoms with Gasteiger partial charge in [-0.05, 0) is 31.5 Å². The van der Waals surface area contributed by atoms with Crippen molar-refractivity contribution < 1.29 is 26.0 Å². The molecule has 0 bridgehead atoms. The third-order valence-corrected chi connectivity index (χ3v) is 5.40. The summed E-state index contributed by atoms with van der Waals surface area (Å²) in [5, 5.41) is 2.68. The minimum atomic E-state index is -4.66. The summed E-state index contributed by atoms with van der Waals surface area (Å²) >= 11 is 0. The van der Waals surface area contributed by atoms with Crippen molar-refractivity contribution in [2.75, 3.05) is 12.8 Å². The molecule has 0 aliphatic heterocycles. The summed E-state index contributed by atoms with van der Waals surface area (Å²) < 4.78 is 73.2. The van der Waals surface area contributed by atoms with Gasteiger partial charge in [0.05, 0.1) is 10.3 Å². The largest absolute Gasteiger partial charge is 0.416 e. The highest BCUT2D eigenvalue weighted by molar-refractivity contribution is 7.92. The average molecular weight is 327 g/mol. The van der Waals surface area contributed by atoms with E-state index in [1.807, 2.05) is 0 Å². The van der Waals surface area contributed by atoms with E-state index < -0.39 is 32.1 Å². The molecule has 1 aromatic carbocycles. The Morgan fingerprint density at radius 2 is 1.76 bits per heavy atom. The highest BCUT2D eigenvalue weighted by atomic mass is 32.2. The summed E-state index contributed by atoms with van der Waals surface area (Å²) in [6.07, 6.45) is -3.60.